The monoisotopic (exact) mass is 335 g/mol. The maximum absolute atomic E-state index is 12.8. The van der Waals surface area contributed by atoms with Gasteiger partial charge < -0.3 is 9.67 Å². The number of sulfonamides is 1. The molecule has 0 aliphatic carbocycles. The number of aliphatic hydroxyl groups is 1. The molecule has 1 aromatic carbocycles. The van der Waals surface area contributed by atoms with E-state index in [1.54, 1.807) is 11.6 Å². The average Bonchev–Trinajstić information content (AvgIpc) is 3.03. The van der Waals surface area contributed by atoms with Crippen LogP contribution < -0.4 is 0 Å². The summed E-state index contributed by atoms with van der Waals surface area (Å²) in [5, 5.41) is 10.1. The number of hydrogen-bond acceptors (Lipinski definition) is 4. The van der Waals surface area contributed by atoms with Gasteiger partial charge in [0.15, 0.2) is 5.03 Å². The van der Waals surface area contributed by atoms with Crippen LogP contribution in [0.25, 0.3) is 0 Å². The summed E-state index contributed by atoms with van der Waals surface area (Å²) in [6.07, 6.45) is 4.46. The summed E-state index contributed by atoms with van der Waals surface area (Å²) in [6.45, 7) is 0.644. The Bertz CT molecular complexity index is 773. The number of aromatic nitrogens is 2. The summed E-state index contributed by atoms with van der Waals surface area (Å²) >= 11 is 0. The van der Waals surface area contributed by atoms with Crippen molar-refractivity contribution in [1.29, 1.82) is 0 Å². The van der Waals surface area contributed by atoms with Gasteiger partial charge >= 0.3 is 0 Å². The molecule has 0 radical (unpaired) electrons. The molecule has 0 bridgehead atoms. The van der Waals surface area contributed by atoms with Gasteiger partial charge in [0.2, 0.25) is 0 Å². The largest absolute Gasteiger partial charge is 0.395 e. The van der Waals surface area contributed by atoms with Gasteiger partial charge in [-0.2, -0.15) is 4.31 Å². The van der Waals surface area contributed by atoms with E-state index in [0.717, 1.165) is 12.0 Å². The molecule has 1 saturated heterocycles. The Morgan fingerprint density at radius 2 is 2.04 bits per heavy atom. The molecule has 3 rings (SSSR count). The Kier molecular flexibility index (Phi) is 4.27. The number of piperidine rings is 1. The third-order valence-corrected chi connectivity index (χ3v) is 6.25. The van der Waals surface area contributed by atoms with E-state index in [1.165, 1.54) is 16.8 Å². The van der Waals surface area contributed by atoms with Crippen LogP contribution in [0.1, 0.15) is 18.4 Å². The van der Waals surface area contributed by atoms with Gasteiger partial charge in [-0.1, -0.05) is 30.3 Å². The van der Waals surface area contributed by atoms with Gasteiger partial charge in [-0.05, 0) is 18.4 Å². The fourth-order valence-electron chi connectivity index (χ4n) is 3.20. The molecule has 6 nitrogen and oxygen atoms in total. The summed E-state index contributed by atoms with van der Waals surface area (Å²) < 4.78 is 28.7. The fraction of sp³-hybridized carbons (Fsp3) is 0.438. The van der Waals surface area contributed by atoms with Crippen LogP contribution in [-0.2, 0) is 22.5 Å². The second-order valence-corrected chi connectivity index (χ2v) is 8.01. The molecule has 23 heavy (non-hydrogen) atoms. The van der Waals surface area contributed by atoms with Crippen LogP contribution in [0, 0.1) is 0 Å². The van der Waals surface area contributed by atoms with Crippen molar-refractivity contribution in [2.45, 2.75) is 23.3 Å². The van der Waals surface area contributed by atoms with Crippen LogP contribution in [0.15, 0.2) is 47.9 Å². The number of aryl methyl sites for hydroxylation is 1. The van der Waals surface area contributed by atoms with E-state index < -0.39 is 15.4 Å². The number of aliphatic hydroxyl groups excluding tert-OH is 1. The highest BCUT2D eigenvalue weighted by Crippen LogP contribution is 2.35. The standard InChI is InChI=1S/C16H21N3O3S/c1-18-10-15(17-13-18)23(21,22)19-9-5-8-16(11-19,12-20)14-6-3-2-4-7-14/h2-4,6-7,10,13,20H,5,8-9,11-12H2,1H3. The quantitative estimate of drug-likeness (QED) is 0.909. The Labute approximate surface area is 136 Å². The third kappa shape index (κ3) is 2.91. The minimum Gasteiger partial charge on any atom is -0.395 e. The number of rotatable bonds is 4. The van der Waals surface area contributed by atoms with Crippen LogP contribution in [0.5, 0.6) is 0 Å². The molecule has 1 fully saturated rings. The van der Waals surface area contributed by atoms with E-state index in [2.05, 4.69) is 4.98 Å². The molecule has 1 unspecified atom stereocenters. The lowest BCUT2D eigenvalue weighted by Gasteiger charge is -2.41. The van der Waals surface area contributed by atoms with Crippen LogP contribution in [0.2, 0.25) is 0 Å². The fourth-order valence-corrected chi connectivity index (χ4v) is 4.73. The minimum atomic E-state index is -3.64. The Morgan fingerprint density at radius 1 is 1.30 bits per heavy atom. The third-order valence-electron chi connectivity index (χ3n) is 4.52. The highest BCUT2D eigenvalue weighted by molar-refractivity contribution is 7.89. The zero-order chi connectivity index (χ0) is 16.5. The second kappa shape index (κ2) is 6.07. The number of hydrogen-bond donors (Lipinski definition) is 1. The number of nitrogens with zero attached hydrogens (tertiary/aromatic N) is 3. The smallest absolute Gasteiger partial charge is 0.262 e. The molecular weight excluding hydrogens is 314 g/mol. The topological polar surface area (TPSA) is 75.4 Å². The highest BCUT2D eigenvalue weighted by Gasteiger charge is 2.41. The van der Waals surface area contributed by atoms with E-state index in [4.69, 9.17) is 0 Å². The van der Waals surface area contributed by atoms with Crippen molar-refractivity contribution in [1.82, 2.24) is 13.9 Å². The Balaban J connectivity index is 1.94. The SMILES string of the molecule is Cn1cnc(S(=O)(=O)N2CCCC(CO)(c3ccccc3)C2)c1. The van der Waals surface area contributed by atoms with Gasteiger partial charge in [-0.25, -0.2) is 13.4 Å². The maximum Gasteiger partial charge on any atom is 0.262 e. The zero-order valence-corrected chi connectivity index (χ0v) is 13.9. The highest BCUT2D eigenvalue weighted by atomic mass is 32.2. The molecule has 1 aromatic heterocycles. The minimum absolute atomic E-state index is 0.0572. The van der Waals surface area contributed by atoms with Gasteiger partial charge in [0.1, 0.15) is 0 Å². The van der Waals surface area contributed by atoms with E-state index in [-0.39, 0.29) is 18.2 Å². The lowest BCUT2D eigenvalue weighted by atomic mass is 9.75. The second-order valence-electron chi connectivity index (χ2n) is 6.12. The summed E-state index contributed by atoms with van der Waals surface area (Å²) in [5.74, 6) is 0. The van der Waals surface area contributed by atoms with Crippen LogP contribution >= 0.6 is 0 Å². The molecule has 0 spiro atoms. The molecule has 1 N–H and O–H groups in total. The van der Waals surface area contributed by atoms with Crippen LogP contribution in [0.3, 0.4) is 0 Å². The van der Waals surface area contributed by atoms with Crippen molar-refractivity contribution in [3.05, 3.63) is 48.4 Å². The first kappa shape index (κ1) is 16.2. The van der Waals surface area contributed by atoms with E-state index in [1.807, 2.05) is 30.3 Å². The molecule has 0 amide bonds. The molecular formula is C16H21N3O3S. The average molecular weight is 335 g/mol. The van der Waals surface area contributed by atoms with Crippen molar-refractivity contribution in [2.24, 2.45) is 7.05 Å². The maximum atomic E-state index is 12.8. The van der Waals surface area contributed by atoms with Crippen molar-refractivity contribution in [2.75, 3.05) is 19.7 Å². The first-order valence-electron chi connectivity index (χ1n) is 7.62. The molecule has 0 saturated carbocycles. The van der Waals surface area contributed by atoms with Gasteiger partial charge in [0.25, 0.3) is 10.0 Å². The van der Waals surface area contributed by atoms with Gasteiger partial charge in [0.05, 0.1) is 12.9 Å². The van der Waals surface area contributed by atoms with E-state index in [0.29, 0.717) is 13.0 Å². The van der Waals surface area contributed by atoms with E-state index >= 15 is 0 Å². The normalized spacial score (nSPS) is 23.0. The molecule has 1 aliphatic heterocycles. The van der Waals surface area contributed by atoms with Crippen LogP contribution in [0.4, 0.5) is 0 Å². The lowest BCUT2D eigenvalue weighted by Crippen LogP contribution is -2.50. The summed E-state index contributed by atoms with van der Waals surface area (Å²) in [4.78, 5) is 3.98. The van der Waals surface area contributed by atoms with Crippen molar-refractivity contribution in [3.8, 4) is 0 Å². The zero-order valence-electron chi connectivity index (χ0n) is 13.1. The van der Waals surface area contributed by atoms with Crippen LogP contribution in [-0.4, -0.2) is 47.1 Å². The molecule has 1 aliphatic rings. The lowest BCUT2D eigenvalue weighted by molar-refractivity contribution is 0.129. The van der Waals surface area contributed by atoms with Crippen molar-refractivity contribution < 1.29 is 13.5 Å². The molecule has 7 heteroatoms. The summed E-state index contributed by atoms with van der Waals surface area (Å²) in [5.41, 5.74) is 0.421. The predicted molar refractivity (Wildman–Crippen MR) is 86.4 cm³/mol. The van der Waals surface area contributed by atoms with Gasteiger partial charge in [0, 0.05) is 31.7 Å². The first-order valence-corrected chi connectivity index (χ1v) is 9.06. The number of imidazole rings is 1. The Morgan fingerprint density at radius 3 is 2.65 bits per heavy atom. The molecule has 2 aromatic rings. The van der Waals surface area contributed by atoms with E-state index in [9.17, 15) is 13.5 Å². The van der Waals surface area contributed by atoms with Gasteiger partial charge in [-0.3, -0.25) is 0 Å². The predicted octanol–water partition coefficient (Wildman–Crippen LogP) is 1.13. The van der Waals surface area contributed by atoms with Crippen molar-refractivity contribution in [3.63, 3.8) is 0 Å². The Hall–Kier alpha value is -1.70. The van der Waals surface area contributed by atoms with Crippen molar-refractivity contribution >= 4 is 10.0 Å². The van der Waals surface area contributed by atoms with Gasteiger partial charge in [-0.15, -0.1) is 0 Å². The summed E-state index contributed by atoms with van der Waals surface area (Å²) in [6, 6.07) is 9.65. The summed E-state index contributed by atoms with van der Waals surface area (Å²) in [7, 11) is -1.90. The first-order chi connectivity index (χ1) is 11.0. The molecule has 124 valence electrons. The number of benzene rings is 1. The molecule has 1 atom stereocenters. The molecule has 2 heterocycles.